The van der Waals surface area contributed by atoms with Crippen LogP contribution in [0.3, 0.4) is 0 Å². The molecule has 9 nitrogen and oxygen atoms in total. The van der Waals surface area contributed by atoms with E-state index in [4.69, 9.17) is 4.74 Å². The molecule has 0 aliphatic carbocycles. The Morgan fingerprint density at radius 3 is 2.03 bits per heavy atom. The molecule has 174 valence electrons. The van der Waals surface area contributed by atoms with E-state index in [0.717, 1.165) is 5.69 Å². The summed E-state index contributed by atoms with van der Waals surface area (Å²) < 4.78 is 35.2. The molecule has 4 aromatic rings. The molecule has 34 heavy (non-hydrogen) atoms. The molecule has 10 heteroatoms. The maximum Gasteiger partial charge on any atom is 0.243 e. The number of rotatable bonds is 6. The van der Waals surface area contributed by atoms with Gasteiger partial charge in [0.05, 0.1) is 10.6 Å². The van der Waals surface area contributed by atoms with Gasteiger partial charge >= 0.3 is 0 Å². The lowest BCUT2D eigenvalue weighted by atomic mass is 10.3. The highest BCUT2D eigenvalue weighted by atomic mass is 32.2. The standard InChI is InChI=1S/C24H24N6O3S/c1-19-13-14-30(27-19)24-12-11-23(25-26-24)28-15-17-29(18-16-28)34(31,32)22-9-7-21(8-10-22)33-20-5-3-2-4-6-20/h2-14H,15-18H2,1H3. The summed E-state index contributed by atoms with van der Waals surface area (Å²) in [6.45, 7) is 3.71. The second-order valence-corrected chi connectivity index (χ2v) is 9.87. The molecular weight excluding hydrogens is 452 g/mol. The van der Waals surface area contributed by atoms with Gasteiger partial charge in [-0.3, -0.25) is 0 Å². The second-order valence-electron chi connectivity index (χ2n) is 7.93. The SMILES string of the molecule is Cc1ccn(-c2ccc(N3CCN(S(=O)(=O)c4ccc(Oc5ccccc5)cc4)CC3)nn2)n1. The van der Waals surface area contributed by atoms with Crippen molar-refractivity contribution >= 4 is 15.8 Å². The number of aryl methyl sites for hydroxylation is 1. The molecule has 2 aromatic carbocycles. The zero-order valence-electron chi connectivity index (χ0n) is 18.7. The first-order chi connectivity index (χ1) is 16.5. The predicted molar refractivity (Wildman–Crippen MR) is 128 cm³/mol. The molecular formula is C24H24N6O3S. The molecule has 0 bridgehead atoms. The highest BCUT2D eigenvalue weighted by Crippen LogP contribution is 2.25. The van der Waals surface area contributed by atoms with Crippen LogP contribution < -0.4 is 9.64 Å². The summed E-state index contributed by atoms with van der Waals surface area (Å²) in [4.78, 5) is 2.29. The molecule has 2 aromatic heterocycles. The third-order valence-electron chi connectivity index (χ3n) is 5.60. The fourth-order valence-electron chi connectivity index (χ4n) is 3.76. The summed E-state index contributed by atoms with van der Waals surface area (Å²) in [5, 5.41) is 12.9. The number of piperazine rings is 1. The number of anilines is 1. The number of para-hydroxylation sites is 1. The fraction of sp³-hybridized carbons (Fsp3) is 0.208. The maximum atomic E-state index is 13.1. The van der Waals surface area contributed by atoms with Crippen molar-refractivity contribution in [1.82, 2.24) is 24.3 Å². The maximum absolute atomic E-state index is 13.1. The van der Waals surface area contributed by atoms with Crippen molar-refractivity contribution in [2.24, 2.45) is 0 Å². The Bertz CT molecular complexity index is 1350. The van der Waals surface area contributed by atoms with Crippen LogP contribution >= 0.6 is 0 Å². The van der Waals surface area contributed by atoms with Crippen LogP contribution in [0.5, 0.6) is 11.5 Å². The normalized spacial score (nSPS) is 14.8. The summed E-state index contributed by atoms with van der Waals surface area (Å²) in [7, 11) is -3.59. The van der Waals surface area contributed by atoms with Crippen molar-refractivity contribution < 1.29 is 13.2 Å². The van der Waals surface area contributed by atoms with Gasteiger partial charge in [0, 0.05) is 32.4 Å². The minimum Gasteiger partial charge on any atom is -0.457 e. The lowest BCUT2D eigenvalue weighted by Crippen LogP contribution is -2.49. The first-order valence-electron chi connectivity index (χ1n) is 10.9. The van der Waals surface area contributed by atoms with Crippen LogP contribution in [-0.4, -0.2) is 58.9 Å². The fourth-order valence-corrected chi connectivity index (χ4v) is 5.18. The third-order valence-corrected chi connectivity index (χ3v) is 7.51. The van der Waals surface area contributed by atoms with E-state index in [-0.39, 0.29) is 4.90 Å². The van der Waals surface area contributed by atoms with Crippen molar-refractivity contribution in [3.8, 4) is 17.3 Å². The molecule has 0 radical (unpaired) electrons. The number of ether oxygens (including phenoxy) is 1. The Kier molecular flexibility index (Phi) is 5.99. The first-order valence-corrected chi connectivity index (χ1v) is 12.4. The number of hydrogen-bond acceptors (Lipinski definition) is 7. The Morgan fingerprint density at radius 1 is 0.765 bits per heavy atom. The summed E-state index contributed by atoms with van der Waals surface area (Å²) in [6.07, 6.45) is 1.84. The van der Waals surface area contributed by atoms with Gasteiger partial charge < -0.3 is 9.64 Å². The van der Waals surface area contributed by atoms with E-state index >= 15 is 0 Å². The van der Waals surface area contributed by atoms with E-state index in [9.17, 15) is 8.42 Å². The number of aromatic nitrogens is 4. The lowest BCUT2D eigenvalue weighted by molar-refractivity contribution is 0.383. The zero-order valence-corrected chi connectivity index (χ0v) is 19.5. The second kappa shape index (κ2) is 9.24. The highest BCUT2D eigenvalue weighted by molar-refractivity contribution is 7.89. The van der Waals surface area contributed by atoms with Crippen molar-refractivity contribution in [3.05, 3.63) is 84.7 Å². The number of hydrogen-bond donors (Lipinski definition) is 0. The van der Waals surface area contributed by atoms with Crippen molar-refractivity contribution in [2.75, 3.05) is 31.1 Å². The molecule has 5 rings (SSSR count). The molecule has 0 saturated carbocycles. The van der Waals surface area contributed by atoms with Gasteiger partial charge in [0.15, 0.2) is 11.6 Å². The van der Waals surface area contributed by atoms with Gasteiger partial charge in [-0.2, -0.15) is 9.40 Å². The van der Waals surface area contributed by atoms with Crippen LogP contribution in [-0.2, 0) is 10.0 Å². The van der Waals surface area contributed by atoms with Crippen molar-refractivity contribution in [3.63, 3.8) is 0 Å². The summed E-state index contributed by atoms with van der Waals surface area (Å²) >= 11 is 0. The van der Waals surface area contributed by atoms with Gasteiger partial charge in [-0.1, -0.05) is 18.2 Å². The monoisotopic (exact) mass is 476 g/mol. The molecule has 1 aliphatic heterocycles. The van der Waals surface area contributed by atoms with Crippen LogP contribution in [0.15, 0.2) is 83.9 Å². The van der Waals surface area contributed by atoms with Crippen molar-refractivity contribution in [1.29, 1.82) is 0 Å². The average Bonchev–Trinajstić information content (AvgIpc) is 3.31. The van der Waals surface area contributed by atoms with E-state index in [2.05, 4.69) is 15.3 Å². The Morgan fingerprint density at radius 2 is 1.41 bits per heavy atom. The van der Waals surface area contributed by atoms with E-state index in [1.54, 1.807) is 28.9 Å². The smallest absolute Gasteiger partial charge is 0.243 e. The highest BCUT2D eigenvalue weighted by Gasteiger charge is 2.29. The van der Waals surface area contributed by atoms with E-state index in [1.165, 1.54) is 4.31 Å². The zero-order chi connectivity index (χ0) is 23.5. The lowest BCUT2D eigenvalue weighted by Gasteiger charge is -2.34. The molecule has 3 heterocycles. The molecule has 1 saturated heterocycles. The van der Waals surface area contributed by atoms with Gasteiger partial charge in [0.2, 0.25) is 10.0 Å². The molecule has 0 unspecified atom stereocenters. The summed E-state index contributed by atoms with van der Waals surface area (Å²) in [5.41, 5.74) is 0.904. The van der Waals surface area contributed by atoms with Crippen LogP contribution in [0.2, 0.25) is 0 Å². The van der Waals surface area contributed by atoms with Crippen LogP contribution in [0, 0.1) is 6.92 Å². The Labute approximate surface area is 198 Å². The largest absolute Gasteiger partial charge is 0.457 e. The predicted octanol–water partition coefficient (Wildman–Crippen LogP) is 3.27. The molecule has 0 spiro atoms. The topological polar surface area (TPSA) is 93.5 Å². The number of sulfonamides is 1. The summed E-state index contributed by atoms with van der Waals surface area (Å²) in [6, 6.07) is 21.5. The van der Waals surface area contributed by atoms with Gasteiger partial charge in [-0.25, -0.2) is 13.1 Å². The Hall–Kier alpha value is -3.76. The Balaban J connectivity index is 1.21. The van der Waals surface area contributed by atoms with Gasteiger partial charge in [0.1, 0.15) is 11.5 Å². The quantitative estimate of drug-likeness (QED) is 0.422. The van der Waals surface area contributed by atoms with Gasteiger partial charge in [-0.15, -0.1) is 10.2 Å². The van der Waals surface area contributed by atoms with Crippen LogP contribution in [0.25, 0.3) is 5.82 Å². The number of nitrogens with zero attached hydrogens (tertiary/aromatic N) is 6. The van der Waals surface area contributed by atoms with Gasteiger partial charge in [0.25, 0.3) is 0 Å². The minimum absolute atomic E-state index is 0.250. The van der Waals surface area contributed by atoms with Gasteiger partial charge in [-0.05, 0) is 61.5 Å². The third kappa shape index (κ3) is 4.63. The van der Waals surface area contributed by atoms with E-state index in [1.807, 2.05) is 66.6 Å². The van der Waals surface area contributed by atoms with E-state index in [0.29, 0.717) is 49.3 Å². The van der Waals surface area contributed by atoms with Crippen molar-refractivity contribution in [2.45, 2.75) is 11.8 Å². The molecule has 0 amide bonds. The summed E-state index contributed by atoms with van der Waals surface area (Å²) in [5.74, 6) is 2.64. The average molecular weight is 477 g/mol. The molecule has 0 N–H and O–H groups in total. The van der Waals surface area contributed by atoms with E-state index < -0.39 is 10.0 Å². The molecule has 1 aliphatic rings. The molecule has 1 fully saturated rings. The molecule has 0 atom stereocenters. The number of benzene rings is 2. The van der Waals surface area contributed by atoms with Crippen LogP contribution in [0.1, 0.15) is 5.69 Å². The minimum atomic E-state index is -3.59. The van der Waals surface area contributed by atoms with Crippen LogP contribution in [0.4, 0.5) is 5.82 Å². The first kappa shape index (κ1) is 22.1.